The molecule has 2 aromatic carbocycles. The lowest BCUT2D eigenvalue weighted by atomic mass is 10.0. The molecule has 0 heterocycles. The van der Waals surface area contributed by atoms with E-state index in [4.69, 9.17) is 16.3 Å². The van der Waals surface area contributed by atoms with Gasteiger partial charge < -0.3 is 20.3 Å². The number of nitriles is 1. The molecule has 1 amide bonds. The van der Waals surface area contributed by atoms with E-state index in [0.29, 0.717) is 32.4 Å². The number of hydrogen-bond donors (Lipinski definition) is 3. The molecule has 1 unspecified atom stereocenters. The summed E-state index contributed by atoms with van der Waals surface area (Å²) in [6.07, 6.45) is 1.45. The molecule has 6 nitrogen and oxygen atoms in total. The lowest BCUT2D eigenvalue weighted by Gasteiger charge is -2.12. The number of rotatable bonds is 9. The van der Waals surface area contributed by atoms with Crippen LogP contribution in [0.25, 0.3) is 0 Å². The van der Waals surface area contributed by atoms with E-state index in [0.717, 1.165) is 27.5 Å². The number of aromatic hydroxyl groups is 2. The molecule has 29 heavy (non-hydrogen) atoms. The second-order valence-electron chi connectivity index (χ2n) is 6.91. The summed E-state index contributed by atoms with van der Waals surface area (Å²) in [5.74, 6) is -0.739. The zero-order valence-electron chi connectivity index (χ0n) is 16.5. The van der Waals surface area contributed by atoms with Gasteiger partial charge in [-0.1, -0.05) is 17.7 Å². The monoisotopic (exact) mass is 416 g/mol. The van der Waals surface area contributed by atoms with Gasteiger partial charge in [-0.05, 0) is 74.1 Å². The van der Waals surface area contributed by atoms with E-state index in [-0.39, 0.29) is 17.4 Å². The molecule has 154 valence electrons. The van der Waals surface area contributed by atoms with Gasteiger partial charge >= 0.3 is 0 Å². The first kappa shape index (κ1) is 22.4. The maximum absolute atomic E-state index is 12.2. The molecule has 0 aromatic heterocycles. The van der Waals surface area contributed by atoms with E-state index in [9.17, 15) is 20.3 Å². The Morgan fingerprint density at radius 2 is 1.90 bits per heavy atom. The topological polar surface area (TPSA) is 103 Å². The Bertz CT molecular complexity index is 885. The summed E-state index contributed by atoms with van der Waals surface area (Å²) >= 11 is 6.14. The van der Waals surface area contributed by atoms with Crippen molar-refractivity contribution < 1.29 is 19.7 Å². The second-order valence-corrected chi connectivity index (χ2v) is 7.29. The van der Waals surface area contributed by atoms with E-state index < -0.39 is 5.92 Å². The average Bonchev–Trinajstić information content (AvgIpc) is 2.68. The van der Waals surface area contributed by atoms with Crippen molar-refractivity contribution in [1.29, 1.82) is 5.26 Å². The number of carbonyl (C=O) groups excluding carboxylic acids is 1. The highest BCUT2D eigenvalue weighted by molar-refractivity contribution is 6.32. The summed E-state index contributed by atoms with van der Waals surface area (Å²) in [4.78, 5) is 12.2. The largest absolute Gasteiger partial charge is 0.504 e. The van der Waals surface area contributed by atoms with Crippen molar-refractivity contribution in [2.75, 3.05) is 13.2 Å². The van der Waals surface area contributed by atoms with Crippen LogP contribution in [0.15, 0.2) is 30.3 Å². The van der Waals surface area contributed by atoms with E-state index in [1.54, 1.807) is 6.07 Å². The van der Waals surface area contributed by atoms with Crippen LogP contribution in [0.4, 0.5) is 0 Å². The Hall–Kier alpha value is -2.91. The fraction of sp³-hybridized carbons (Fsp3) is 0.364. The van der Waals surface area contributed by atoms with Crippen molar-refractivity contribution >= 4 is 17.5 Å². The lowest BCUT2D eigenvalue weighted by Crippen LogP contribution is -2.31. The Kier molecular flexibility index (Phi) is 8.17. The van der Waals surface area contributed by atoms with Crippen LogP contribution in [0.3, 0.4) is 0 Å². The van der Waals surface area contributed by atoms with Crippen LogP contribution in [0.1, 0.15) is 29.5 Å². The van der Waals surface area contributed by atoms with Gasteiger partial charge in [0.15, 0.2) is 11.5 Å². The molecule has 0 aliphatic carbocycles. The summed E-state index contributed by atoms with van der Waals surface area (Å²) in [5.41, 5.74) is 2.66. The molecule has 7 heteroatoms. The third kappa shape index (κ3) is 6.58. The number of phenols is 2. The van der Waals surface area contributed by atoms with Crippen LogP contribution in [-0.4, -0.2) is 29.3 Å². The molecule has 3 N–H and O–H groups in total. The maximum Gasteiger partial charge on any atom is 0.237 e. The summed E-state index contributed by atoms with van der Waals surface area (Å²) in [6, 6.07) is 10.3. The number of amides is 1. The number of aryl methyl sites for hydroxylation is 2. The van der Waals surface area contributed by atoms with Crippen LogP contribution >= 0.6 is 11.6 Å². The van der Waals surface area contributed by atoms with Gasteiger partial charge in [-0.2, -0.15) is 5.26 Å². The quantitative estimate of drug-likeness (QED) is 0.423. The molecule has 0 fully saturated rings. The third-order valence-electron chi connectivity index (χ3n) is 4.54. The van der Waals surface area contributed by atoms with Crippen molar-refractivity contribution in [2.24, 2.45) is 5.92 Å². The number of ether oxygens (including phenoxy) is 1. The Balaban J connectivity index is 1.74. The molecule has 0 spiro atoms. The van der Waals surface area contributed by atoms with E-state index in [1.165, 1.54) is 12.1 Å². The lowest BCUT2D eigenvalue weighted by molar-refractivity contribution is -0.123. The minimum Gasteiger partial charge on any atom is -0.504 e. The van der Waals surface area contributed by atoms with E-state index in [1.807, 2.05) is 32.0 Å². The summed E-state index contributed by atoms with van der Waals surface area (Å²) in [7, 11) is 0. The van der Waals surface area contributed by atoms with Crippen LogP contribution in [-0.2, 0) is 11.2 Å². The fourth-order valence-electron chi connectivity index (χ4n) is 2.90. The predicted octanol–water partition coefficient (Wildman–Crippen LogP) is 4.03. The molecule has 0 aliphatic rings. The predicted molar refractivity (Wildman–Crippen MR) is 111 cm³/mol. The molecule has 1 atom stereocenters. The molecule has 0 bridgehead atoms. The Morgan fingerprint density at radius 1 is 1.21 bits per heavy atom. The number of benzene rings is 2. The third-order valence-corrected chi connectivity index (χ3v) is 5.14. The number of nitrogens with zero attached hydrogens (tertiary/aromatic N) is 1. The molecular weight excluding hydrogens is 392 g/mol. The molecule has 2 aromatic rings. The summed E-state index contributed by atoms with van der Waals surface area (Å²) in [6.45, 7) is 4.56. The van der Waals surface area contributed by atoms with Crippen LogP contribution in [0.2, 0.25) is 5.02 Å². The molecule has 0 aliphatic heterocycles. The van der Waals surface area contributed by atoms with Crippen molar-refractivity contribution in [1.82, 2.24) is 5.32 Å². The van der Waals surface area contributed by atoms with E-state index >= 15 is 0 Å². The van der Waals surface area contributed by atoms with Crippen molar-refractivity contribution in [3.05, 3.63) is 52.0 Å². The first-order valence-corrected chi connectivity index (χ1v) is 9.77. The maximum atomic E-state index is 12.2. The van der Waals surface area contributed by atoms with Gasteiger partial charge in [-0.15, -0.1) is 0 Å². The van der Waals surface area contributed by atoms with Gasteiger partial charge in [0.05, 0.1) is 12.7 Å². The Labute approximate surface area is 175 Å². The zero-order valence-corrected chi connectivity index (χ0v) is 17.3. The summed E-state index contributed by atoms with van der Waals surface area (Å²) in [5, 5.41) is 31.5. The van der Waals surface area contributed by atoms with Gasteiger partial charge in [0.25, 0.3) is 0 Å². The van der Waals surface area contributed by atoms with Crippen molar-refractivity contribution in [3.8, 4) is 23.3 Å². The first-order valence-electron chi connectivity index (χ1n) is 9.39. The van der Waals surface area contributed by atoms with E-state index in [2.05, 4.69) is 5.32 Å². The molecular formula is C22H25ClN2O4. The summed E-state index contributed by atoms with van der Waals surface area (Å²) < 4.78 is 5.71. The standard InChI is InChI=1S/C22H25ClN2O4/c1-14-10-18(11-15(2)21(14)23)29-9-3-4-17(13-24)22(28)25-8-7-16-5-6-19(26)20(27)12-16/h5-6,10-12,17,26-27H,3-4,7-9H2,1-2H3,(H,25,28). The number of phenolic OH excluding ortho intramolecular Hbond substituents is 2. The smallest absolute Gasteiger partial charge is 0.237 e. The minimum absolute atomic E-state index is 0.187. The SMILES string of the molecule is Cc1cc(OCCCC(C#N)C(=O)NCCc2ccc(O)c(O)c2)cc(C)c1Cl. The normalized spacial score (nSPS) is 11.5. The highest BCUT2D eigenvalue weighted by Gasteiger charge is 2.17. The van der Waals surface area contributed by atoms with Crippen molar-refractivity contribution in [2.45, 2.75) is 33.1 Å². The van der Waals surface area contributed by atoms with Gasteiger partial charge in [0.1, 0.15) is 11.7 Å². The molecule has 0 saturated carbocycles. The highest BCUT2D eigenvalue weighted by Crippen LogP contribution is 2.26. The van der Waals surface area contributed by atoms with Gasteiger partial charge in [-0.3, -0.25) is 4.79 Å². The van der Waals surface area contributed by atoms with Crippen LogP contribution in [0.5, 0.6) is 17.2 Å². The van der Waals surface area contributed by atoms with Gasteiger partial charge in [-0.25, -0.2) is 0 Å². The van der Waals surface area contributed by atoms with Gasteiger partial charge in [0, 0.05) is 11.6 Å². The van der Waals surface area contributed by atoms with Crippen LogP contribution < -0.4 is 10.1 Å². The van der Waals surface area contributed by atoms with Gasteiger partial charge in [0.2, 0.25) is 5.91 Å². The molecule has 0 saturated heterocycles. The first-order chi connectivity index (χ1) is 13.8. The number of carbonyl (C=O) groups is 1. The average molecular weight is 417 g/mol. The zero-order chi connectivity index (χ0) is 21.4. The number of hydrogen-bond acceptors (Lipinski definition) is 5. The fourth-order valence-corrected chi connectivity index (χ4v) is 3.01. The second kappa shape index (κ2) is 10.6. The number of nitrogens with one attached hydrogen (secondary N) is 1. The van der Waals surface area contributed by atoms with Crippen molar-refractivity contribution in [3.63, 3.8) is 0 Å². The minimum atomic E-state index is -0.750. The highest BCUT2D eigenvalue weighted by atomic mass is 35.5. The van der Waals surface area contributed by atoms with Crippen LogP contribution in [0, 0.1) is 31.1 Å². The number of halogens is 1. The molecule has 2 rings (SSSR count). The molecule has 0 radical (unpaired) electrons. The Morgan fingerprint density at radius 3 is 2.52 bits per heavy atom.